The van der Waals surface area contributed by atoms with Crippen molar-refractivity contribution in [1.82, 2.24) is 4.31 Å². The number of rotatable bonds is 7. The molecule has 3 aromatic carbocycles. The Balaban J connectivity index is 1.38. The second-order valence-electron chi connectivity index (χ2n) is 9.76. The van der Waals surface area contributed by atoms with Crippen molar-refractivity contribution in [1.29, 1.82) is 0 Å². The van der Waals surface area contributed by atoms with E-state index in [0.29, 0.717) is 42.4 Å². The summed E-state index contributed by atoms with van der Waals surface area (Å²) in [4.78, 5) is 28.1. The van der Waals surface area contributed by atoms with Gasteiger partial charge in [-0.2, -0.15) is 4.31 Å². The number of nitrogens with zero attached hydrogens (tertiary/aromatic N) is 2. The van der Waals surface area contributed by atoms with E-state index in [-0.39, 0.29) is 16.7 Å². The summed E-state index contributed by atoms with van der Waals surface area (Å²) in [5.41, 5.74) is 2.50. The average molecular weight is 506 g/mol. The number of amides is 2. The Morgan fingerprint density at radius 1 is 1.08 bits per heavy atom. The van der Waals surface area contributed by atoms with Crippen molar-refractivity contribution < 1.29 is 18.0 Å². The molecule has 0 aliphatic carbocycles. The number of unbranched alkanes of at least 4 members (excludes halogenated alkanes) is 1. The van der Waals surface area contributed by atoms with Crippen molar-refractivity contribution >= 4 is 44.0 Å². The lowest BCUT2D eigenvalue weighted by atomic mass is 10.0. The van der Waals surface area contributed by atoms with Crippen LogP contribution in [0.1, 0.15) is 60.2 Å². The lowest BCUT2D eigenvalue weighted by molar-refractivity contribution is 0.0991. The summed E-state index contributed by atoms with van der Waals surface area (Å²) >= 11 is 0. The molecular formula is C28H31N3O4S. The third-order valence-electron chi connectivity index (χ3n) is 7.14. The number of anilines is 2. The Labute approximate surface area is 212 Å². The highest BCUT2D eigenvalue weighted by Crippen LogP contribution is 2.40. The first-order valence-electron chi connectivity index (χ1n) is 12.6. The first-order chi connectivity index (χ1) is 17.3. The monoisotopic (exact) mass is 505 g/mol. The second-order valence-corrected chi connectivity index (χ2v) is 11.7. The molecule has 1 unspecified atom stereocenters. The summed E-state index contributed by atoms with van der Waals surface area (Å²) in [5.74, 6) is -0.00352. The summed E-state index contributed by atoms with van der Waals surface area (Å²) in [7, 11) is -3.58. The van der Waals surface area contributed by atoms with Crippen LogP contribution >= 0.6 is 0 Å². The van der Waals surface area contributed by atoms with Crippen molar-refractivity contribution in [3.05, 3.63) is 65.7 Å². The molecule has 2 aliphatic rings. The average Bonchev–Trinajstić information content (AvgIpc) is 3.16. The molecule has 5 rings (SSSR count). The van der Waals surface area contributed by atoms with Crippen molar-refractivity contribution in [2.75, 3.05) is 29.9 Å². The predicted molar refractivity (Wildman–Crippen MR) is 142 cm³/mol. The fourth-order valence-electron chi connectivity index (χ4n) is 5.18. The van der Waals surface area contributed by atoms with Gasteiger partial charge in [-0.25, -0.2) is 8.42 Å². The molecule has 2 aliphatic heterocycles. The van der Waals surface area contributed by atoms with Gasteiger partial charge in [0.1, 0.15) is 0 Å². The molecule has 1 saturated heterocycles. The third-order valence-corrected chi connectivity index (χ3v) is 9.02. The fraction of sp³-hybridized carbons (Fsp3) is 0.357. The number of benzene rings is 3. The van der Waals surface area contributed by atoms with E-state index in [1.807, 2.05) is 23.1 Å². The third kappa shape index (κ3) is 4.29. The van der Waals surface area contributed by atoms with Gasteiger partial charge in [-0.05, 0) is 67.6 Å². The highest BCUT2D eigenvalue weighted by molar-refractivity contribution is 7.89. The van der Waals surface area contributed by atoms with Gasteiger partial charge in [-0.1, -0.05) is 32.4 Å². The van der Waals surface area contributed by atoms with Crippen LogP contribution in [0.3, 0.4) is 0 Å². The van der Waals surface area contributed by atoms with E-state index in [1.54, 1.807) is 24.3 Å². The van der Waals surface area contributed by atoms with Gasteiger partial charge in [0.25, 0.3) is 11.8 Å². The van der Waals surface area contributed by atoms with Crippen LogP contribution in [0.2, 0.25) is 0 Å². The molecule has 2 amide bonds. The van der Waals surface area contributed by atoms with Crippen molar-refractivity contribution in [3.8, 4) is 0 Å². The van der Waals surface area contributed by atoms with Crippen molar-refractivity contribution in [3.63, 3.8) is 0 Å². The lowest BCUT2D eigenvalue weighted by Crippen LogP contribution is -2.39. The minimum Gasteiger partial charge on any atom is -0.321 e. The maximum Gasteiger partial charge on any atom is 0.258 e. The molecule has 0 spiro atoms. The van der Waals surface area contributed by atoms with Gasteiger partial charge in [0, 0.05) is 47.2 Å². The zero-order valence-corrected chi connectivity index (χ0v) is 21.5. The Bertz CT molecular complexity index is 1430. The van der Waals surface area contributed by atoms with E-state index in [0.717, 1.165) is 42.1 Å². The molecule has 2 heterocycles. The van der Waals surface area contributed by atoms with Gasteiger partial charge >= 0.3 is 0 Å². The molecule has 1 N–H and O–H groups in total. The van der Waals surface area contributed by atoms with E-state index in [2.05, 4.69) is 19.2 Å². The van der Waals surface area contributed by atoms with Crippen LogP contribution in [0.5, 0.6) is 0 Å². The number of carbonyl (C=O) groups excluding carboxylic acids is 2. The second kappa shape index (κ2) is 9.67. The molecule has 36 heavy (non-hydrogen) atoms. The van der Waals surface area contributed by atoms with E-state index in [9.17, 15) is 18.0 Å². The molecular weight excluding hydrogens is 474 g/mol. The molecule has 3 aromatic rings. The standard InChI is InChI=1S/C28H31N3O4S/c1-3-4-17-31-25-9-5-8-22-24(15-14-23(26(22)25)28(31)33)29-27(32)20-10-12-21(13-11-20)36(34,35)30-16-6-7-19(2)18-30/h5,8-15,19H,3-4,6-7,16-18H2,1-2H3,(H,29,32). The summed E-state index contributed by atoms with van der Waals surface area (Å²) in [6.45, 7) is 5.87. The summed E-state index contributed by atoms with van der Waals surface area (Å²) in [6.07, 6.45) is 3.81. The van der Waals surface area contributed by atoms with Crippen LogP contribution in [0.15, 0.2) is 59.5 Å². The molecule has 188 valence electrons. The van der Waals surface area contributed by atoms with Gasteiger partial charge in [-0.15, -0.1) is 0 Å². The molecule has 8 heteroatoms. The largest absolute Gasteiger partial charge is 0.321 e. The first kappa shape index (κ1) is 24.5. The number of nitrogens with one attached hydrogen (secondary N) is 1. The maximum absolute atomic E-state index is 13.1. The van der Waals surface area contributed by atoms with Gasteiger partial charge in [0.15, 0.2) is 0 Å². The van der Waals surface area contributed by atoms with E-state index in [1.165, 1.54) is 16.4 Å². The SMILES string of the molecule is CCCCN1C(=O)c2ccc(NC(=O)c3ccc(S(=O)(=O)N4CCCC(C)C4)cc3)c3cccc1c23. The smallest absolute Gasteiger partial charge is 0.258 e. The predicted octanol–water partition coefficient (Wildman–Crippen LogP) is 5.27. The van der Waals surface area contributed by atoms with E-state index >= 15 is 0 Å². The molecule has 0 radical (unpaired) electrons. The topological polar surface area (TPSA) is 86.8 Å². The van der Waals surface area contributed by atoms with Crippen LogP contribution < -0.4 is 10.2 Å². The summed E-state index contributed by atoms with van der Waals surface area (Å²) in [5, 5.41) is 4.62. The molecule has 0 aromatic heterocycles. The van der Waals surface area contributed by atoms with Crippen LogP contribution in [0.25, 0.3) is 10.8 Å². The highest BCUT2D eigenvalue weighted by Gasteiger charge is 2.31. The minimum atomic E-state index is -3.58. The first-order valence-corrected chi connectivity index (χ1v) is 14.0. The van der Waals surface area contributed by atoms with Crippen LogP contribution in [0.4, 0.5) is 11.4 Å². The number of piperidine rings is 1. The van der Waals surface area contributed by atoms with Crippen molar-refractivity contribution in [2.45, 2.75) is 44.4 Å². The highest BCUT2D eigenvalue weighted by atomic mass is 32.2. The van der Waals surface area contributed by atoms with Crippen LogP contribution in [0, 0.1) is 5.92 Å². The number of hydrogen-bond donors (Lipinski definition) is 1. The Hall–Kier alpha value is -3.23. The maximum atomic E-state index is 13.1. The van der Waals surface area contributed by atoms with Crippen LogP contribution in [-0.2, 0) is 10.0 Å². The van der Waals surface area contributed by atoms with E-state index < -0.39 is 10.0 Å². The summed E-state index contributed by atoms with van der Waals surface area (Å²) < 4.78 is 27.6. The van der Waals surface area contributed by atoms with Gasteiger partial charge in [-0.3, -0.25) is 9.59 Å². The zero-order valence-electron chi connectivity index (χ0n) is 20.7. The van der Waals surface area contributed by atoms with Gasteiger partial charge in [0.2, 0.25) is 10.0 Å². The molecule has 7 nitrogen and oxygen atoms in total. The Morgan fingerprint density at radius 2 is 1.86 bits per heavy atom. The van der Waals surface area contributed by atoms with Crippen LogP contribution in [-0.4, -0.2) is 44.2 Å². The van der Waals surface area contributed by atoms with Crippen molar-refractivity contribution in [2.24, 2.45) is 5.92 Å². The van der Waals surface area contributed by atoms with E-state index in [4.69, 9.17) is 0 Å². The number of carbonyl (C=O) groups is 2. The molecule has 1 atom stereocenters. The molecule has 0 bridgehead atoms. The Kier molecular flexibility index (Phi) is 6.57. The quantitative estimate of drug-likeness (QED) is 0.474. The van der Waals surface area contributed by atoms with Gasteiger partial charge in [0.05, 0.1) is 10.6 Å². The minimum absolute atomic E-state index is 0.00701. The molecule has 1 fully saturated rings. The number of sulfonamides is 1. The fourth-order valence-corrected chi connectivity index (χ4v) is 6.78. The lowest BCUT2D eigenvalue weighted by Gasteiger charge is -2.30. The normalized spacial score (nSPS) is 18.1. The number of hydrogen-bond acceptors (Lipinski definition) is 4. The van der Waals surface area contributed by atoms with Gasteiger partial charge < -0.3 is 10.2 Å². The summed E-state index contributed by atoms with van der Waals surface area (Å²) in [6, 6.07) is 15.4. The Morgan fingerprint density at radius 3 is 2.58 bits per heavy atom. The zero-order chi connectivity index (χ0) is 25.4. The molecule has 0 saturated carbocycles.